The van der Waals surface area contributed by atoms with Gasteiger partial charge < -0.3 is 10.6 Å². The highest BCUT2D eigenvalue weighted by molar-refractivity contribution is 7.07. The predicted octanol–water partition coefficient (Wildman–Crippen LogP) is 0.540. The maximum absolute atomic E-state index is 11.6. The molecule has 0 saturated heterocycles. The van der Waals surface area contributed by atoms with E-state index in [-0.39, 0.29) is 11.8 Å². The largest absolute Gasteiger partial charge is 0.352 e. The zero-order valence-corrected chi connectivity index (χ0v) is 9.71. The van der Waals surface area contributed by atoms with E-state index in [4.69, 9.17) is 0 Å². The van der Waals surface area contributed by atoms with Gasteiger partial charge in [0.1, 0.15) is 11.7 Å². The molecular formula is C10H13N3O2S. The van der Waals surface area contributed by atoms with Gasteiger partial charge in [0.15, 0.2) is 0 Å². The van der Waals surface area contributed by atoms with Crippen molar-refractivity contribution >= 4 is 23.2 Å². The lowest BCUT2D eigenvalue weighted by atomic mass is 10.3. The molecule has 0 spiro atoms. The van der Waals surface area contributed by atoms with Crippen LogP contribution in [0.2, 0.25) is 0 Å². The molecular weight excluding hydrogens is 226 g/mol. The first kappa shape index (κ1) is 11.1. The third-order valence-electron chi connectivity index (χ3n) is 2.33. The summed E-state index contributed by atoms with van der Waals surface area (Å²) >= 11 is 1.35. The molecule has 6 heteroatoms. The van der Waals surface area contributed by atoms with Crippen LogP contribution in [0.15, 0.2) is 10.9 Å². The molecule has 1 aliphatic carbocycles. The fourth-order valence-electron chi connectivity index (χ4n) is 1.21. The summed E-state index contributed by atoms with van der Waals surface area (Å²) in [5.41, 5.74) is 1.94. The van der Waals surface area contributed by atoms with Gasteiger partial charge in [-0.2, -0.15) is 0 Å². The Morgan fingerprint density at radius 3 is 2.88 bits per heavy atom. The molecule has 1 heterocycles. The molecule has 1 aliphatic rings. The molecule has 5 nitrogen and oxygen atoms in total. The molecule has 1 unspecified atom stereocenters. The van der Waals surface area contributed by atoms with Crippen molar-refractivity contribution < 1.29 is 9.59 Å². The normalized spacial score (nSPS) is 16.6. The van der Waals surface area contributed by atoms with Crippen molar-refractivity contribution in [3.8, 4) is 0 Å². The van der Waals surface area contributed by atoms with Crippen LogP contribution < -0.4 is 10.6 Å². The maximum Gasteiger partial charge on any atom is 0.271 e. The van der Waals surface area contributed by atoms with Gasteiger partial charge in [0, 0.05) is 11.4 Å². The number of rotatable bonds is 4. The summed E-state index contributed by atoms with van der Waals surface area (Å²) in [6.45, 7) is 1.67. The molecule has 0 radical (unpaired) electrons. The monoisotopic (exact) mass is 239 g/mol. The van der Waals surface area contributed by atoms with E-state index < -0.39 is 6.04 Å². The number of carbonyl (C=O) groups is 2. The lowest BCUT2D eigenvalue weighted by Gasteiger charge is -2.12. The molecule has 0 aromatic carbocycles. The quantitative estimate of drug-likeness (QED) is 0.805. The molecule has 1 fully saturated rings. The summed E-state index contributed by atoms with van der Waals surface area (Å²) in [7, 11) is 0. The van der Waals surface area contributed by atoms with Crippen molar-refractivity contribution in [2.24, 2.45) is 0 Å². The summed E-state index contributed by atoms with van der Waals surface area (Å²) in [5.74, 6) is -0.439. The first-order valence-electron chi connectivity index (χ1n) is 5.16. The van der Waals surface area contributed by atoms with Gasteiger partial charge in [0.25, 0.3) is 5.91 Å². The van der Waals surface area contributed by atoms with Crippen molar-refractivity contribution in [2.45, 2.75) is 31.8 Å². The van der Waals surface area contributed by atoms with Gasteiger partial charge in [0.05, 0.1) is 5.51 Å². The molecule has 16 heavy (non-hydrogen) atoms. The fraction of sp³-hybridized carbons (Fsp3) is 0.500. The molecule has 2 N–H and O–H groups in total. The van der Waals surface area contributed by atoms with Crippen LogP contribution in [-0.2, 0) is 4.79 Å². The van der Waals surface area contributed by atoms with Gasteiger partial charge in [-0.1, -0.05) is 0 Å². The standard InChI is InChI=1S/C10H13N3O2S/c1-6(9(14)13-7-2-3-7)12-10(15)8-4-16-5-11-8/h4-7H,2-3H2,1H3,(H,12,15)(H,13,14). The SMILES string of the molecule is CC(NC(=O)c1cscn1)C(=O)NC1CC1. The number of hydrogen-bond acceptors (Lipinski definition) is 4. The minimum Gasteiger partial charge on any atom is -0.352 e. The average molecular weight is 239 g/mol. The number of hydrogen-bond donors (Lipinski definition) is 2. The highest BCUT2D eigenvalue weighted by Gasteiger charge is 2.26. The van der Waals surface area contributed by atoms with E-state index in [0.29, 0.717) is 11.7 Å². The summed E-state index contributed by atoms with van der Waals surface area (Å²) in [4.78, 5) is 27.0. The van der Waals surface area contributed by atoms with E-state index in [1.807, 2.05) is 0 Å². The van der Waals surface area contributed by atoms with Crippen molar-refractivity contribution in [3.05, 3.63) is 16.6 Å². The first-order chi connectivity index (χ1) is 7.66. The van der Waals surface area contributed by atoms with Crippen LogP contribution in [0.4, 0.5) is 0 Å². The van der Waals surface area contributed by atoms with Crippen LogP contribution in [-0.4, -0.2) is 28.9 Å². The zero-order chi connectivity index (χ0) is 11.5. The minimum absolute atomic E-state index is 0.133. The third kappa shape index (κ3) is 2.79. The van der Waals surface area contributed by atoms with E-state index in [9.17, 15) is 9.59 Å². The first-order valence-corrected chi connectivity index (χ1v) is 6.10. The lowest BCUT2D eigenvalue weighted by molar-refractivity contribution is -0.122. The zero-order valence-electron chi connectivity index (χ0n) is 8.90. The van der Waals surface area contributed by atoms with E-state index in [1.54, 1.807) is 17.8 Å². The molecule has 0 bridgehead atoms. The Morgan fingerprint density at radius 2 is 2.31 bits per heavy atom. The molecule has 86 valence electrons. The Hall–Kier alpha value is -1.43. The van der Waals surface area contributed by atoms with Crippen molar-refractivity contribution in [2.75, 3.05) is 0 Å². The second kappa shape index (κ2) is 4.61. The van der Waals surface area contributed by atoms with Gasteiger partial charge in [-0.3, -0.25) is 9.59 Å². The summed E-state index contributed by atoms with van der Waals surface area (Å²) < 4.78 is 0. The number of aromatic nitrogens is 1. The molecule has 2 rings (SSSR count). The molecule has 1 aromatic rings. The highest BCUT2D eigenvalue weighted by Crippen LogP contribution is 2.18. The van der Waals surface area contributed by atoms with Crippen LogP contribution in [0, 0.1) is 0 Å². The summed E-state index contributed by atoms with van der Waals surface area (Å²) in [5, 5.41) is 7.09. The Balaban J connectivity index is 1.83. The highest BCUT2D eigenvalue weighted by atomic mass is 32.1. The van der Waals surface area contributed by atoms with Crippen LogP contribution in [0.3, 0.4) is 0 Å². The predicted molar refractivity (Wildman–Crippen MR) is 60.2 cm³/mol. The third-order valence-corrected chi connectivity index (χ3v) is 2.92. The number of amides is 2. The van der Waals surface area contributed by atoms with E-state index >= 15 is 0 Å². The Bertz CT molecular complexity index is 387. The summed E-state index contributed by atoms with van der Waals surface area (Å²) in [6.07, 6.45) is 2.08. The topological polar surface area (TPSA) is 71.1 Å². The van der Waals surface area contributed by atoms with Crippen LogP contribution in [0.1, 0.15) is 30.3 Å². The second-order valence-electron chi connectivity index (χ2n) is 3.85. The summed E-state index contributed by atoms with van der Waals surface area (Å²) in [6, 6.07) is -0.207. The van der Waals surface area contributed by atoms with Crippen LogP contribution in [0.25, 0.3) is 0 Å². The number of thiazole rings is 1. The minimum atomic E-state index is -0.519. The maximum atomic E-state index is 11.6. The van der Waals surface area contributed by atoms with E-state index in [1.165, 1.54) is 11.3 Å². The van der Waals surface area contributed by atoms with Gasteiger partial charge >= 0.3 is 0 Å². The fourth-order valence-corrected chi connectivity index (χ4v) is 1.75. The Kier molecular flexibility index (Phi) is 3.19. The van der Waals surface area contributed by atoms with E-state index in [0.717, 1.165) is 12.8 Å². The van der Waals surface area contributed by atoms with Crippen LogP contribution in [0.5, 0.6) is 0 Å². The number of carbonyl (C=O) groups excluding carboxylic acids is 2. The van der Waals surface area contributed by atoms with Gasteiger partial charge in [-0.05, 0) is 19.8 Å². The molecule has 1 atom stereocenters. The van der Waals surface area contributed by atoms with Crippen LogP contribution >= 0.6 is 11.3 Å². The smallest absolute Gasteiger partial charge is 0.271 e. The molecule has 1 aromatic heterocycles. The molecule has 1 saturated carbocycles. The lowest BCUT2D eigenvalue weighted by Crippen LogP contribution is -2.45. The van der Waals surface area contributed by atoms with Crippen molar-refractivity contribution in [1.82, 2.24) is 15.6 Å². The van der Waals surface area contributed by atoms with Crippen molar-refractivity contribution in [1.29, 1.82) is 0 Å². The Morgan fingerprint density at radius 1 is 1.56 bits per heavy atom. The van der Waals surface area contributed by atoms with E-state index in [2.05, 4.69) is 15.6 Å². The Labute approximate surface area is 97.3 Å². The van der Waals surface area contributed by atoms with Gasteiger partial charge in [-0.15, -0.1) is 11.3 Å². The van der Waals surface area contributed by atoms with Gasteiger partial charge in [-0.25, -0.2) is 4.98 Å². The molecule has 2 amide bonds. The number of nitrogens with one attached hydrogen (secondary N) is 2. The molecule has 0 aliphatic heterocycles. The van der Waals surface area contributed by atoms with Gasteiger partial charge in [0.2, 0.25) is 5.91 Å². The second-order valence-corrected chi connectivity index (χ2v) is 4.57. The average Bonchev–Trinajstić information content (AvgIpc) is 2.89. The number of nitrogens with zero attached hydrogens (tertiary/aromatic N) is 1. The van der Waals surface area contributed by atoms with Crippen molar-refractivity contribution in [3.63, 3.8) is 0 Å².